The molecule has 0 aliphatic carbocycles. The van der Waals surface area contributed by atoms with Crippen LogP contribution in [0.15, 0.2) is 47.3 Å². The maximum atomic E-state index is 12.0. The fourth-order valence-electron chi connectivity index (χ4n) is 2.11. The zero-order valence-electron chi connectivity index (χ0n) is 10.9. The van der Waals surface area contributed by atoms with Crippen molar-refractivity contribution in [3.8, 4) is 11.4 Å². The highest BCUT2D eigenvalue weighted by Crippen LogP contribution is 2.19. The van der Waals surface area contributed by atoms with Crippen LogP contribution in [0, 0.1) is 13.8 Å². The molecule has 1 heterocycles. The molecule has 2 aromatic carbocycles. The van der Waals surface area contributed by atoms with Gasteiger partial charge in [0.2, 0.25) is 0 Å². The third-order valence-corrected chi connectivity index (χ3v) is 3.39. The molecular weight excluding hydrogens is 236 g/mol. The Labute approximate surface area is 111 Å². The van der Waals surface area contributed by atoms with Gasteiger partial charge in [0.15, 0.2) is 0 Å². The number of rotatable bonds is 1. The number of hydrogen-bond donors (Lipinski definition) is 1. The van der Waals surface area contributed by atoms with Gasteiger partial charge in [0, 0.05) is 5.56 Å². The molecule has 94 valence electrons. The highest BCUT2D eigenvalue weighted by molar-refractivity contribution is 5.79. The lowest BCUT2D eigenvalue weighted by atomic mass is 10.1. The van der Waals surface area contributed by atoms with E-state index in [9.17, 15) is 4.79 Å². The number of H-pyrrole nitrogens is 1. The molecule has 0 saturated heterocycles. The minimum atomic E-state index is -0.0983. The molecule has 19 heavy (non-hydrogen) atoms. The highest BCUT2D eigenvalue weighted by Gasteiger charge is 2.06. The van der Waals surface area contributed by atoms with Crippen LogP contribution in [0.3, 0.4) is 0 Å². The molecule has 0 aliphatic rings. The van der Waals surface area contributed by atoms with E-state index in [1.165, 1.54) is 11.1 Å². The first kappa shape index (κ1) is 11.7. The Morgan fingerprint density at radius 1 is 1.00 bits per heavy atom. The van der Waals surface area contributed by atoms with E-state index >= 15 is 0 Å². The third kappa shape index (κ3) is 2.03. The fourth-order valence-corrected chi connectivity index (χ4v) is 2.11. The quantitative estimate of drug-likeness (QED) is 0.720. The van der Waals surface area contributed by atoms with Crippen molar-refractivity contribution in [1.29, 1.82) is 0 Å². The first-order chi connectivity index (χ1) is 9.15. The van der Waals surface area contributed by atoms with Gasteiger partial charge in [-0.25, -0.2) is 4.98 Å². The summed E-state index contributed by atoms with van der Waals surface area (Å²) < 4.78 is 0. The normalized spacial score (nSPS) is 10.8. The number of aromatic nitrogens is 2. The molecule has 0 bridgehead atoms. The van der Waals surface area contributed by atoms with E-state index in [-0.39, 0.29) is 5.56 Å². The standard InChI is InChI=1S/C16H14N2O/c1-10-7-8-12(9-11(10)2)15-17-14-6-4-3-5-13(14)16(19)18-15/h3-9H,1-2H3,(H,17,18,19). The van der Waals surface area contributed by atoms with Gasteiger partial charge in [-0.15, -0.1) is 0 Å². The van der Waals surface area contributed by atoms with Gasteiger partial charge in [-0.2, -0.15) is 0 Å². The number of hydrogen-bond acceptors (Lipinski definition) is 2. The van der Waals surface area contributed by atoms with E-state index in [2.05, 4.69) is 23.8 Å². The molecule has 3 nitrogen and oxygen atoms in total. The van der Waals surface area contributed by atoms with Gasteiger partial charge in [-0.1, -0.05) is 24.3 Å². The number of benzene rings is 2. The van der Waals surface area contributed by atoms with Crippen LogP contribution in [-0.2, 0) is 0 Å². The zero-order valence-corrected chi connectivity index (χ0v) is 10.9. The second-order valence-corrected chi connectivity index (χ2v) is 4.73. The van der Waals surface area contributed by atoms with Crippen molar-refractivity contribution in [3.63, 3.8) is 0 Å². The molecule has 0 saturated carbocycles. The molecule has 3 rings (SSSR count). The summed E-state index contributed by atoms with van der Waals surface area (Å²) in [5.74, 6) is 0.617. The van der Waals surface area contributed by atoms with Crippen LogP contribution < -0.4 is 5.56 Å². The van der Waals surface area contributed by atoms with Crippen LogP contribution in [0.2, 0.25) is 0 Å². The SMILES string of the molecule is Cc1ccc(-c2nc3ccccc3c(=O)[nH]2)cc1C. The van der Waals surface area contributed by atoms with Crippen LogP contribution in [0.25, 0.3) is 22.3 Å². The Hall–Kier alpha value is -2.42. The smallest absolute Gasteiger partial charge is 0.259 e. The number of nitrogens with zero attached hydrogens (tertiary/aromatic N) is 1. The number of fused-ring (bicyclic) bond motifs is 1. The molecule has 0 unspecified atom stereocenters. The molecule has 1 N–H and O–H groups in total. The lowest BCUT2D eigenvalue weighted by Crippen LogP contribution is -2.09. The molecule has 0 radical (unpaired) electrons. The van der Waals surface area contributed by atoms with E-state index in [1.54, 1.807) is 6.07 Å². The van der Waals surface area contributed by atoms with Crippen molar-refractivity contribution in [2.45, 2.75) is 13.8 Å². The third-order valence-electron chi connectivity index (χ3n) is 3.39. The molecule has 0 fully saturated rings. The summed E-state index contributed by atoms with van der Waals surface area (Å²) in [6.07, 6.45) is 0. The van der Waals surface area contributed by atoms with Crippen molar-refractivity contribution < 1.29 is 0 Å². The van der Waals surface area contributed by atoms with Gasteiger partial charge in [0.25, 0.3) is 5.56 Å². The predicted octanol–water partition coefficient (Wildman–Crippen LogP) is 3.21. The first-order valence-corrected chi connectivity index (χ1v) is 6.22. The molecule has 0 spiro atoms. The van der Waals surface area contributed by atoms with Crippen LogP contribution in [0.5, 0.6) is 0 Å². The van der Waals surface area contributed by atoms with Gasteiger partial charge in [-0.05, 0) is 43.2 Å². The lowest BCUT2D eigenvalue weighted by molar-refractivity contribution is 1.17. The Bertz CT molecular complexity index is 818. The monoisotopic (exact) mass is 250 g/mol. The summed E-state index contributed by atoms with van der Waals surface area (Å²) in [6.45, 7) is 4.12. The Balaban J connectivity index is 2.25. The highest BCUT2D eigenvalue weighted by atomic mass is 16.1. The van der Waals surface area contributed by atoms with Gasteiger partial charge in [-0.3, -0.25) is 4.79 Å². The van der Waals surface area contributed by atoms with E-state index in [1.807, 2.05) is 36.4 Å². The van der Waals surface area contributed by atoms with Crippen LogP contribution in [0.4, 0.5) is 0 Å². The average Bonchev–Trinajstić information content (AvgIpc) is 2.42. The van der Waals surface area contributed by atoms with Gasteiger partial charge in [0.1, 0.15) is 5.82 Å². The maximum absolute atomic E-state index is 12.0. The molecule has 0 atom stereocenters. The molecular formula is C16H14N2O. The number of nitrogens with one attached hydrogen (secondary N) is 1. The van der Waals surface area contributed by atoms with Gasteiger partial charge in [0.05, 0.1) is 10.9 Å². The second kappa shape index (κ2) is 4.35. The van der Waals surface area contributed by atoms with Crippen LogP contribution in [0.1, 0.15) is 11.1 Å². The largest absolute Gasteiger partial charge is 0.306 e. The summed E-state index contributed by atoms with van der Waals surface area (Å²) in [5.41, 5.74) is 3.98. The Kier molecular flexibility index (Phi) is 2.67. The minimum absolute atomic E-state index is 0.0983. The zero-order chi connectivity index (χ0) is 13.4. The van der Waals surface area contributed by atoms with Crippen molar-refractivity contribution in [3.05, 3.63) is 63.9 Å². The maximum Gasteiger partial charge on any atom is 0.259 e. The molecule has 3 aromatic rings. The minimum Gasteiger partial charge on any atom is -0.306 e. The molecule has 1 aromatic heterocycles. The second-order valence-electron chi connectivity index (χ2n) is 4.73. The van der Waals surface area contributed by atoms with Crippen molar-refractivity contribution >= 4 is 10.9 Å². The van der Waals surface area contributed by atoms with E-state index < -0.39 is 0 Å². The summed E-state index contributed by atoms with van der Waals surface area (Å²) >= 11 is 0. The average molecular weight is 250 g/mol. The summed E-state index contributed by atoms with van der Waals surface area (Å²) in [5, 5.41) is 0.620. The van der Waals surface area contributed by atoms with E-state index in [0.29, 0.717) is 11.2 Å². The van der Waals surface area contributed by atoms with E-state index in [4.69, 9.17) is 0 Å². The lowest BCUT2D eigenvalue weighted by Gasteiger charge is -2.06. The number of aryl methyl sites for hydroxylation is 2. The molecule has 0 amide bonds. The summed E-state index contributed by atoms with van der Waals surface area (Å²) in [7, 11) is 0. The Morgan fingerprint density at radius 3 is 2.58 bits per heavy atom. The summed E-state index contributed by atoms with van der Waals surface area (Å²) in [4.78, 5) is 19.4. The number of aromatic amines is 1. The number of para-hydroxylation sites is 1. The van der Waals surface area contributed by atoms with Gasteiger partial charge < -0.3 is 4.98 Å². The fraction of sp³-hybridized carbons (Fsp3) is 0.125. The Morgan fingerprint density at radius 2 is 1.79 bits per heavy atom. The molecule has 3 heteroatoms. The van der Waals surface area contributed by atoms with Gasteiger partial charge >= 0.3 is 0 Å². The predicted molar refractivity (Wildman–Crippen MR) is 77.3 cm³/mol. The topological polar surface area (TPSA) is 45.8 Å². The van der Waals surface area contributed by atoms with Crippen molar-refractivity contribution in [1.82, 2.24) is 9.97 Å². The molecule has 0 aliphatic heterocycles. The van der Waals surface area contributed by atoms with Crippen molar-refractivity contribution in [2.24, 2.45) is 0 Å². The first-order valence-electron chi connectivity index (χ1n) is 6.22. The van der Waals surface area contributed by atoms with E-state index in [0.717, 1.165) is 11.1 Å². The van der Waals surface area contributed by atoms with Crippen LogP contribution >= 0.6 is 0 Å². The van der Waals surface area contributed by atoms with Crippen LogP contribution in [-0.4, -0.2) is 9.97 Å². The summed E-state index contributed by atoms with van der Waals surface area (Å²) in [6, 6.07) is 13.4. The van der Waals surface area contributed by atoms with Crippen molar-refractivity contribution in [2.75, 3.05) is 0 Å².